The van der Waals surface area contributed by atoms with E-state index in [-0.39, 0.29) is 29.3 Å². The van der Waals surface area contributed by atoms with Gasteiger partial charge < -0.3 is 24.4 Å². The summed E-state index contributed by atoms with van der Waals surface area (Å²) in [4.78, 5) is 25.5. The lowest BCUT2D eigenvalue weighted by atomic mass is 10.1. The van der Waals surface area contributed by atoms with Gasteiger partial charge in [-0.05, 0) is 29.8 Å². The number of methoxy groups -OCH3 is 1. The molecule has 166 valence electrons. The fraction of sp³-hybridized carbons (Fsp3) is 0.350. The number of nitrogens with one attached hydrogen (secondary N) is 1. The maximum absolute atomic E-state index is 12.7. The number of carbonyl (C=O) groups excluding carboxylic acids is 1. The predicted molar refractivity (Wildman–Crippen MR) is 107 cm³/mol. The molecule has 1 fully saturated rings. The van der Waals surface area contributed by atoms with Crippen LogP contribution >= 0.6 is 0 Å². The zero-order chi connectivity index (χ0) is 22.4. The lowest BCUT2D eigenvalue weighted by molar-refractivity contribution is -0.385. The Morgan fingerprint density at radius 2 is 1.97 bits per heavy atom. The van der Waals surface area contributed by atoms with Gasteiger partial charge in [0, 0.05) is 31.4 Å². The van der Waals surface area contributed by atoms with Gasteiger partial charge in [0.1, 0.15) is 5.56 Å². The second-order valence-corrected chi connectivity index (χ2v) is 6.60. The number of nitro groups is 1. The normalized spacial score (nSPS) is 13.7. The minimum atomic E-state index is -3.00. The molecule has 11 heteroatoms. The Bertz CT molecular complexity index is 951. The zero-order valence-corrected chi connectivity index (χ0v) is 16.7. The number of alkyl halides is 2. The van der Waals surface area contributed by atoms with Crippen LogP contribution in [0.1, 0.15) is 15.9 Å². The molecule has 31 heavy (non-hydrogen) atoms. The Kier molecular flexibility index (Phi) is 7.19. The van der Waals surface area contributed by atoms with E-state index in [9.17, 15) is 23.7 Å². The van der Waals surface area contributed by atoms with Crippen molar-refractivity contribution in [1.82, 2.24) is 5.32 Å². The van der Waals surface area contributed by atoms with Crippen molar-refractivity contribution in [2.75, 3.05) is 38.3 Å². The molecule has 1 aliphatic rings. The summed E-state index contributed by atoms with van der Waals surface area (Å²) < 4.78 is 39.6. The number of benzene rings is 2. The van der Waals surface area contributed by atoms with Crippen LogP contribution in [0.2, 0.25) is 0 Å². The molecule has 0 aliphatic carbocycles. The number of anilines is 1. The number of halogens is 2. The molecule has 0 unspecified atom stereocenters. The number of carbonyl (C=O) groups is 1. The number of ether oxygens (including phenoxy) is 3. The first-order chi connectivity index (χ1) is 14.9. The van der Waals surface area contributed by atoms with Crippen LogP contribution in [0.15, 0.2) is 36.4 Å². The summed E-state index contributed by atoms with van der Waals surface area (Å²) in [7, 11) is 1.30. The average Bonchev–Trinajstić information content (AvgIpc) is 2.77. The second kappa shape index (κ2) is 10.0. The van der Waals surface area contributed by atoms with E-state index >= 15 is 0 Å². The van der Waals surface area contributed by atoms with E-state index in [2.05, 4.69) is 10.1 Å². The number of morpholine rings is 1. The van der Waals surface area contributed by atoms with Gasteiger partial charge >= 0.3 is 6.61 Å². The molecule has 1 amide bonds. The molecule has 0 saturated carbocycles. The van der Waals surface area contributed by atoms with Gasteiger partial charge in [-0.15, -0.1) is 0 Å². The molecular formula is C20H21F2N3O6. The van der Waals surface area contributed by atoms with Crippen LogP contribution in [0.5, 0.6) is 11.5 Å². The molecule has 0 spiro atoms. The summed E-state index contributed by atoms with van der Waals surface area (Å²) in [5.41, 5.74) is 0.847. The first kappa shape index (κ1) is 22.2. The van der Waals surface area contributed by atoms with Crippen molar-refractivity contribution in [3.05, 3.63) is 57.6 Å². The van der Waals surface area contributed by atoms with Crippen LogP contribution in [-0.2, 0) is 11.3 Å². The molecule has 0 bridgehead atoms. The smallest absolute Gasteiger partial charge is 0.387 e. The molecule has 3 rings (SSSR count). The molecule has 0 radical (unpaired) electrons. The zero-order valence-electron chi connectivity index (χ0n) is 16.7. The standard InChI is InChI=1S/C20H21F2N3O6/c1-29-18-10-13(2-5-17(18)31-20(21)22)12-23-19(26)15-11-14(3-4-16(15)25(27)28)24-6-8-30-9-7-24/h2-5,10-11,20H,6-9,12H2,1H3,(H,23,26). The van der Waals surface area contributed by atoms with Crippen LogP contribution in [0.3, 0.4) is 0 Å². The summed E-state index contributed by atoms with van der Waals surface area (Å²) in [6.45, 7) is -0.698. The Balaban J connectivity index is 1.77. The monoisotopic (exact) mass is 437 g/mol. The van der Waals surface area contributed by atoms with Crippen LogP contribution in [-0.4, -0.2) is 50.9 Å². The third kappa shape index (κ3) is 5.57. The molecule has 1 saturated heterocycles. The fourth-order valence-electron chi connectivity index (χ4n) is 3.18. The van der Waals surface area contributed by atoms with E-state index in [1.54, 1.807) is 6.07 Å². The summed E-state index contributed by atoms with van der Waals surface area (Å²) in [5.74, 6) is -0.692. The average molecular weight is 437 g/mol. The Labute approximate surface area is 176 Å². The van der Waals surface area contributed by atoms with Crippen LogP contribution < -0.4 is 19.7 Å². The Morgan fingerprint density at radius 3 is 2.61 bits per heavy atom. The van der Waals surface area contributed by atoms with Crippen LogP contribution in [0.25, 0.3) is 0 Å². The third-order valence-electron chi connectivity index (χ3n) is 4.69. The van der Waals surface area contributed by atoms with E-state index in [4.69, 9.17) is 9.47 Å². The van der Waals surface area contributed by atoms with E-state index < -0.39 is 17.4 Å². The topological polar surface area (TPSA) is 103 Å². The number of nitrogens with zero attached hydrogens (tertiary/aromatic N) is 2. The van der Waals surface area contributed by atoms with Crippen molar-refractivity contribution < 1.29 is 32.7 Å². The number of hydrogen-bond donors (Lipinski definition) is 1. The first-order valence-corrected chi connectivity index (χ1v) is 9.40. The van der Waals surface area contributed by atoms with Gasteiger partial charge in [-0.1, -0.05) is 6.07 Å². The van der Waals surface area contributed by atoms with E-state index in [1.165, 1.54) is 37.4 Å². The Hall–Kier alpha value is -3.47. The van der Waals surface area contributed by atoms with Crippen molar-refractivity contribution in [3.8, 4) is 11.5 Å². The van der Waals surface area contributed by atoms with E-state index in [1.807, 2.05) is 4.90 Å². The molecule has 9 nitrogen and oxygen atoms in total. The number of amides is 1. The lowest BCUT2D eigenvalue weighted by Crippen LogP contribution is -2.36. The van der Waals surface area contributed by atoms with Gasteiger partial charge in [-0.2, -0.15) is 8.78 Å². The molecule has 1 N–H and O–H groups in total. The summed E-state index contributed by atoms with van der Waals surface area (Å²) >= 11 is 0. The van der Waals surface area contributed by atoms with E-state index in [0.717, 1.165) is 0 Å². The van der Waals surface area contributed by atoms with Gasteiger partial charge in [-0.25, -0.2) is 0 Å². The van der Waals surface area contributed by atoms with Gasteiger partial charge in [-0.3, -0.25) is 14.9 Å². The largest absolute Gasteiger partial charge is 0.493 e. The van der Waals surface area contributed by atoms with Crippen molar-refractivity contribution in [2.45, 2.75) is 13.2 Å². The molecule has 0 atom stereocenters. The SMILES string of the molecule is COc1cc(CNC(=O)c2cc(N3CCOCC3)ccc2[N+](=O)[O-])ccc1OC(F)F. The first-order valence-electron chi connectivity index (χ1n) is 9.40. The predicted octanol–water partition coefficient (Wildman–Crippen LogP) is 2.97. The van der Waals surface area contributed by atoms with Crippen molar-refractivity contribution in [3.63, 3.8) is 0 Å². The Morgan fingerprint density at radius 1 is 1.23 bits per heavy atom. The molecular weight excluding hydrogens is 416 g/mol. The van der Waals surface area contributed by atoms with Gasteiger partial charge in [0.25, 0.3) is 11.6 Å². The third-order valence-corrected chi connectivity index (χ3v) is 4.69. The van der Waals surface area contributed by atoms with Gasteiger partial charge in [0.05, 0.1) is 25.2 Å². The molecule has 1 aliphatic heterocycles. The summed E-state index contributed by atoms with van der Waals surface area (Å²) in [6, 6.07) is 8.62. The highest BCUT2D eigenvalue weighted by Crippen LogP contribution is 2.30. The quantitative estimate of drug-likeness (QED) is 0.500. The van der Waals surface area contributed by atoms with Gasteiger partial charge in [0.15, 0.2) is 11.5 Å². The maximum atomic E-state index is 12.7. The van der Waals surface area contributed by atoms with Crippen LogP contribution in [0, 0.1) is 10.1 Å². The second-order valence-electron chi connectivity index (χ2n) is 6.60. The summed E-state index contributed by atoms with van der Waals surface area (Å²) in [6.07, 6.45) is 0. The highest BCUT2D eigenvalue weighted by atomic mass is 19.3. The van der Waals surface area contributed by atoms with Crippen molar-refractivity contribution in [2.24, 2.45) is 0 Å². The molecule has 1 heterocycles. The fourth-order valence-corrected chi connectivity index (χ4v) is 3.18. The minimum Gasteiger partial charge on any atom is -0.493 e. The molecule has 0 aromatic heterocycles. The van der Waals surface area contributed by atoms with Crippen molar-refractivity contribution in [1.29, 1.82) is 0 Å². The molecule has 2 aromatic carbocycles. The van der Waals surface area contributed by atoms with Crippen LogP contribution in [0.4, 0.5) is 20.2 Å². The van der Waals surface area contributed by atoms with Gasteiger partial charge in [0.2, 0.25) is 0 Å². The lowest BCUT2D eigenvalue weighted by Gasteiger charge is -2.29. The molecule has 2 aromatic rings. The minimum absolute atomic E-state index is 0.00306. The number of hydrogen-bond acceptors (Lipinski definition) is 7. The highest BCUT2D eigenvalue weighted by Gasteiger charge is 2.23. The summed E-state index contributed by atoms with van der Waals surface area (Å²) in [5, 5.41) is 14.0. The number of nitro benzene ring substituents is 1. The van der Waals surface area contributed by atoms with E-state index in [0.29, 0.717) is 37.6 Å². The maximum Gasteiger partial charge on any atom is 0.387 e. The van der Waals surface area contributed by atoms with Crippen molar-refractivity contribution >= 4 is 17.3 Å². The number of rotatable bonds is 8. The highest BCUT2D eigenvalue weighted by molar-refractivity contribution is 5.99.